The maximum absolute atomic E-state index is 15.8. The van der Waals surface area contributed by atoms with Crippen molar-refractivity contribution in [3.63, 3.8) is 0 Å². The van der Waals surface area contributed by atoms with Crippen molar-refractivity contribution in [1.29, 1.82) is 0 Å². The number of alkyl halides is 1. The van der Waals surface area contributed by atoms with E-state index in [-0.39, 0.29) is 47.3 Å². The zero-order chi connectivity index (χ0) is 27.0. The van der Waals surface area contributed by atoms with Crippen molar-refractivity contribution in [2.75, 3.05) is 53.4 Å². The second-order valence-electron chi connectivity index (χ2n) is 13.3. The fraction of sp³-hybridized carbons (Fsp3) is 0.862. The number of morpholine rings is 1. The van der Waals surface area contributed by atoms with E-state index in [1.165, 1.54) is 12.8 Å². The topological polar surface area (TPSA) is 77.2 Å². The quantitative estimate of drug-likeness (QED) is 0.439. The molecule has 9 heteroatoms. The van der Waals surface area contributed by atoms with E-state index in [1.807, 2.05) is 20.3 Å². The standard InChI is InChI=1S/C29H48FN5O3/c1-29(2,18-33(3)4)17-32-28(37)20-16-35-22-9-5-6-10-23(22)38-27-24(31-11-14-34-12-7-8-13-34)21(30)15-19(25(27)35)26(20)36/h16,19,21-25,27,31H,5-15,17-18H2,1-4H3,(H,32,37). The molecule has 214 valence electrons. The van der Waals surface area contributed by atoms with Crippen LogP contribution in [0.15, 0.2) is 11.8 Å². The molecule has 1 amide bonds. The summed E-state index contributed by atoms with van der Waals surface area (Å²) in [5.74, 6) is -1.12. The molecule has 5 rings (SSSR count). The summed E-state index contributed by atoms with van der Waals surface area (Å²) in [6.45, 7) is 9.35. The molecule has 5 aliphatic rings. The van der Waals surface area contributed by atoms with Crippen molar-refractivity contribution in [3.8, 4) is 0 Å². The molecule has 2 saturated carbocycles. The lowest BCUT2D eigenvalue weighted by Crippen LogP contribution is -2.73. The van der Waals surface area contributed by atoms with Gasteiger partial charge in [-0.25, -0.2) is 4.39 Å². The molecule has 0 aromatic rings. The number of amides is 1. The van der Waals surface area contributed by atoms with Gasteiger partial charge in [0.25, 0.3) is 5.91 Å². The number of ketones is 1. The number of halogens is 1. The SMILES string of the molecule is CN(C)CC(C)(C)CNC(=O)C1=CN2C3CCCCC3OC3C(NCCN4CCCC4)C(F)CC(C1=O)C32. The molecule has 3 aliphatic heterocycles. The average molecular weight is 534 g/mol. The minimum Gasteiger partial charge on any atom is -0.369 e. The van der Waals surface area contributed by atoms with Gasteiger partial charge in [0.2, 0.25) is 0 Å². The van der Waals surface area contributed by atoms with Crippen molar-refractivity contribution in [2.45, 2.75) is 95.3 Å². The van der Waals surface area contributed by atoms with Crippen LogP contribution in [0.4, 0.5) is 4.39 Å². The number of hydrogen-bond acceptors (Lipinski definition) is 7. The number of carbonyl (C=O) groups excluding carboxylic acids is 2. The minimum absolute atomic E-state index is 0.00613. The molecule has 0 aromatic carbocycles. The Kier molecular flexibility index (Phi) is 8.48. The highest BCUT2D eigenvalue weighted by molar-refractivity contribution is 6.20. The van der Waals surface area contributed by atoms with Crippen molar-refractivity contribution < 1.29 is 18.7 Å². The van der Waals surface area contributed by atoms with Crippen molar-refractivity contribution in [1.82, 2.24) is 25.3 Å². The molecule has 38 heavy (non-hydrogen) atoms. The summed E-state index contributed by atoms with van der Waals surface area (Å²) in [7, 11) is 4.02. The first kappa shape index (κ1) is 28.0. The Morgan fingerprint density at radius 3 is 2.66 bits per heavy atom. The Labute approximate surface area is 227 Å². The minimum atomic E-state index is -1.19. The summed E-state index contributed by atoms with van der Waals surface area (Å²) in [5.41, 5.74) is 0.0472. The van der Waals surface area contributed by atoms with Crippen molar-refractivity contribution in [2.24, 2.45) is 11.3 Å². The van der Waals surface area contributed by atoms with E-state index in [4.69, 9.17) is 4.74 Å². The molecule has 4 fully saturated rings. The molecule has 0 bridgehead atoms. The van der Waals surface area contributed by atoms with Crippen LogP contribution < -0.4 is 10.6 Å². The van der Waals surface area contributed by atoms with Gasteiger partial charge in [-0.2, -0.15) is 0 Å². The Morgan fingerprint density at radius 2 is 1.92 bits per heavy atom. The first-order valence-electron chi connectivity index (χ1n) is 14.9. The van der Waals surface area contributed by atoms with Crippen LogP contribution in [0.2, 0.25) is 0 Å². The molecule has 8 nitrogen and oxygen atoms in total. The highest BCUT2D eigenvalue weighted by Crippen LogP contribution is 2.45. The summed E-state index contributed by atoms with van der Waals surface area (Å²) in [6, 6.07) is -0.525. The van der Waals surface area contributed by atoms with Crippen LogP contribution in [0.5, 0.6) is 0 Å². The highest BCUT2D eigenvalue weighted by Gasteiger charge is 2.58. The van der Waals surface area contributed by atoms with Crippen LogP contribution in [0.1, 0.15) is 58.8 Å². The van der Waals surface area contributed by atoms with Crippen molar-refractivity contribution >= 4 is 11.7 Å². The zero-order valence-corrected chi connectivity index (χ0v) is 23.8. The van der Waals surface area contributed by atoms with Gasteiger partial charge in [0.1, 0.15) is 6.17 Å². The Hall–Kier alpha value is -1.55. The Morgan fingerprint density at radius 1 is 1.18 bits per heavy atom. The zero-order valence-electron chi connectivity index (χ0n) is 23.8. The van der Waals surface area contributed by atoms with Gasteiger partial charge in [-0.05, 0) is 64.7 Å². The van der Waals surface area contributed by atoms with Crippen molar-refractivity contribution in [3.05, 3.63) is 11.8 Å². The second kappa shape index (κ2) is 11.5. The number of carbonyl (C=O) groups is 2. The van der Waals surface area contributed by atoms with E-state index in [0.717, 1.165) is 58.4 Å². The predicted molar refractivity (Wildman–Crippen MR) is 145 cm³/mol. The monoisotopic (exact) mass is 533 g/mol. The average Bonchev–Trinajstić information content (AvgIpc) is 3.38. The molecular weight excluding hydrogens is 485 g/mol. The summed E-state index contributed by atoms with van der Waals surface area (Å²) in [5, 5.41) is 6.52. The van der Waals surface area contributed by atoms with Crippen LogP contribution >= 0.6 is 0 Å². The smallest absolute Gasteiger partial charge is 0.256 e. The number of likely N-dealkylation sites (tertiary alicyclic amines) is 1. The van der Waals surface area contributed by atoms with E-state index < -0.39 is 24.2 Å². The number of rotatable bonds is 9. The van der Waals surface area contributed by atoms with E-state index in [2.05, 4.69) is 39.2 Å². The Balaban J connectivity index is 1.35. The molecule has 0 aromatic heterocycles. The van der Waals surface area contributed by atoms with E-state index in [9.17, 15) is 9.59 Å². The summed E-state index contributed by atoms with van der Waals surface area (Å²) in [4.78, 5) is 33.9. The number of nitrogens with one attached hydrogen (secondary N) is 2. The maximum Gasteiger partial charge on any atom is 0.256 e. The van der Waals surface area contributed by atoms with E-state index in [1.54, 1.807) is 0 Å². The lowest BCUT2D eigenvalue weighted by molar-refractivity contribution is -0.197. The summed E-state index contributed by atoms with van der Waals surface area (Å²) >= 11 is 0. The third-order valence-corrected chi connectivity index (χ3v) is 9.30. The van der Waals surface area contributed by atoms with Gasteiger partial charge >= 0.3 is 0 Å². The fourth-order valence-corrected chi connectivity index (χ4v) is 7.71. The third kappa shape index (κ3) is 5.81. The van der Waals surface area contributed by atoms with Gasteiger partial charge in [-0.3, -0.25) is 9.59 Å². The highest BCUT2D eigenvalue weighted by atomic mass is 19.1. The molecular formula is C29H48FN5O3. The lowest BCUT2D eigenvalue weighted by Gasteiger charge is -2.59. The molecule has 7 unspecified atom stereocenters. The number of ether oxygens (including phenoxy) is 1. The second-order valence-corrected chi connectivity index (χ2v) is 13.3. The van der Waals surface area contributed by atoms with Crippen LogP contribution in [0, 0.1) is 11.3 Å². The van der Waals surface area contributed by atoms with Crippen LogP contribution in [0.25, 0.3) is 0 Å². The Bertz CT molecular complexity index is 905. The van der Waals surface area contributed by atoms with E-state index in [0.29, 0.717) is 6.54 Å². The molecule has 7 atom stereocenters. The molecule has 3 heterocycles. The maximum atomic E-state index is 15.8. The van der Waals surface area contributed by atoms with Gasteiger partial charge < -0.3 is 30.1 Å². The normalized spacial score (nSPS) is 35.6. The molecule has 0 radical (unpaired) electrons. The van der Waals surface area contributed by atoms with Gasteiger partial charge in [-0.15, -0.1) is 0 Å². The van der Waals surface area contributed by atoms with Gasteiger partial charge in [-0.1, -0.05) is 26.7 Å². The number of fused-ring (bicyclic) bond motifs is 2. The molecule has 2 aliphatic carbocycles. The molecule has 0 spiro atoms. The third-order valence-electron chi connectivity index (χ3n) is 9.30. The molecule has 2 saturated heterocycles. The van der Waals surface area contributed by atoms with Crippen LogP contribution in [-0.2, 0) is 14.3 Å². The largest absolute Gasteiger partial charge is 0.369 e. The summed E-state index contributed by atoms with van der Waals surface area (Å²) in [6.07, 6.45) is 6.96. The van der Waals surface area contributed by atoms with E-state index >= 15 is 4.39 Å². The predicted octanol–water partition coefficient (Wildman–Crippen LogP) is 1.95. The lowest BCUT2D eigenvalue weighted by atomic mass is 9.69. The number of Topliss-reactive ketones (excluding diaryl/α,β-unsaturated/α-hetero) is 1. The summed E-state index contributed by atoms with van der Waals surface area (Å²) < 4.78 is 22.5. The number of hydrogen-bond donors (Lipinski definition) is 2. The van der Waals surface area contributed by atoms with Crippen LogP contribution in [-0.4, -0.2) is 116 Å². The number of nitrogens with zero attached hydrogens (tertiary/aromatic N) is 3. The first-order chi connectivity index (χ1) is 18.1. The van der Waals surface area contributed by atoms with Gasteiger partial charge in [0.15, 0.2) is 5.78 Å². The first-order valence-corrected chi connectivity index (χ1v) is 14.9. The van der Waals surface area contributed by atoms with Gasteiger partial charge in [0.05, 0.1) is 35.9 Å². The molecule has 2 N–H and O–H groups in total. The van der Waals surface area contributed by atoms with Gasteiger partial charge in [0, 0.05) is 38.3 Å². The van der Waals surface area contributed by atoms with Crippen LogP contribution in [0.3, 0.4) is 0 Å². The fourth-order valence-electron chi connectivity index (χ4n) is 7.71.